The monoisotopic (exact) mass is 387 g/mol. The number of nitrogens with one attached hydrogen (secondary N) is 2. The lowest BCUT2D eigenvalue weighted by molar-refractivity contribution is -0.120. The van der Waals surface area contributed by atoms with Crippen LogP contribution >= 0.6 is 0 Å². The highest BCUT2D eigenvalue weighted by atomic mass is 16.5. The number of para-hydroxylation sites is 1. The molecule has 3 rings (SSSR count). The Labute approximate surface area is 171 Å². The Bertz CT molecular complexity index is 923. The molecule has 0 spiro atoms. The molecule has 0 aliphatic carbocycles. The van der Waals surface area contributed by atoms with Gasteiger partial charge in [-0.25, -0.2) is 0 Å². The van der Waals surface area contributed by atoms with Crippen molar-refractivity contribution in [3.63, 3.8) is 0 Å². The van der Waals surface area contributed by atoms with Crippen molar-refractivity contribution in [3.05, 3.63) is 96.1 Å². The van der Waals surface area contributed by atoms with Gasteiger partial charge >= 0.3 is 0 Å². The van der Waals surface area contributed by atoms with Gasteiger partial charge in [-0.2, -0.15) is 5.10 Å². The van der Waals surface area contributed by atoms with E-state index in [1.165, 1.54) is 0 Å². The van der Waals surface area contributed by atoms with E-state index in [1.807, 2.05) is 84.9 Å². The van der Waals surface area contributed by atoms with E-state index >= 15 is 0 Å². The predicted molar refractivity (Wildman–Crippen MR) is 117 cm³/mol. The van der Waals surface area contributed by atoms with E-state index in [2.05, 4.69) is 15.8 Å². The van der Waals surface area contributed by atoms with E-state index in [0.717, 1.165) is 28.3 Å². The molecule has 3 aromatic rings. The Hall–Kier alpha value is -3.60. The number of anilines is 1. The Kier molecular flexibility index (Phi) is 7.41. The molecule has 0 saturated carbocycles. The van der Waals surface area contributed by atoms with E-state index in [0.29, 0.717) is 19.4 Å². The minimum absolute atomic E-state index is 0.0100. The summed E-state index contributed by atoms with van der Waals surface area (Å²) in [5, 5.41) is 7.49. The molecule has 0 bridgehead atoms. The number of nitrogens with zero attached hydrogens (tertiary/aromatic N) is 1. The Morgan fingerprint density at radius 1 is 0.897 bits per heavy atom. The van der Waals surface area contributed by atoms with Crippen molar-refractivity contribution in [2.75, 3.05) is 19.1 Å². The van der Waals surface area contributed by atoms with Crippen LogP contribution in [0.5, 0.6) is 5.75 Å². The summed E-state index contributed by atoms with van der Waals surface area (Å²) in [5.74, 6) is 0.803. The lowest BCUT2D eigenvalue weighted by atomic mass is 10.1. The average Bonchev–Trinajstić information content (AvgIpc) is 2.79. The molecule has 0 saturated heterocycles. The summed E-state index contributed by atoms with van der Waals surface area (Å²) in [5.41, 5.74) is 6.79. The van der Waals surface area contributed by atoms with Crippen molar-refractivity contribution in [3.8, 4) is 5.75 Å². The molecule has 0 aliphatic rings. The summed E-state index contributed by atoms with van der Waals surface area (Å²) in [6.07, 6.45) is 1.09. The number of ether oxygens (including phenoxy) is 1. The summed E-state index contributed by atoms with van der Waals surface area (Å²) in [6.45, 7) is 0.352. The van der Waals surface area contributed by atoms with Gasteiger partial charge in [0.25, 0.3) is 0 Å². The zero-order chi connectivity index (χ0) is 20.3. The molecular weight excluding hydrogens is 362 g/mol. The van der Waals surface area contributed by atoms with Crippen molar-refractivity contribution in [1.29, 1.82) is 0 Å². The maximum Gasteiger partial charge on any atom is 0.220 e. The summed E-state index contributed by atoms with van der Waals surface area (Å²) >= 11 is 0. The molecule has 1 amide bonds. The van der Waals surface area contributed by atoms with E-state index in [9.17, 15) is 4.79 Å². The molecule has 3 aromatic carbocycles. The van der Waals surface area contributed by atoms with Crippen LogP contribution in [0, 0.1) is 0 Å². The van der Waals surface area contributed by atoms with Crippen LogP contribution in [0.25, 0.3) is 0 Å². The highest BCUT2D eigenvalue weighted by Gasteiger charge is 2.08. The molecule has 29 heavy (non-hydrogen) atoms. The Morgan fingerprint density at radius 3 is 2.21 bits per heavy atom. The second-order valence-corrected chi connectivity index (χ2v) is 6.53. The molecule has 0 unspecified atom stereocenters. The first-order valence-electron chi connectivity index (χ1n) is 9.57. The molecular formula is C24H25N3O2. The highest BCUT2D eigenvalue weighted by Crippen LogP contribution is 2.12. The van der Waals surface area contributed by atoms with Gasteiger partial charge in [0.2, 0.25) is 5.91 Å². The smallest absolute Gasteiger partial charge is 0.220 e. The fraction of sp³-hybridized carbons (Fsp3) is 0.167. The number of rotatable bonds is 9. The van der Waals surface area contributed by atoms with Crippen LogP contribution in [0.1, 0.15) is 17.5 Å². The van der Waals surface area contributed by atoms with Crippen molar-refractivity contribution in [2.45, 2.75) is 12.8 Å². The van der Waals surface area contributed by atoms with E-state index in [1.54, 1.807) is 7.11 Å². The van der Waals surface area contributed by atoms with Crippen molar-refractivity contribution < 1.29 is 9.53 Å². The number of benzene rings is 3. The largest absolute Gasteiger partial charge is 0.497 e. The van der Waals surface area contributed by atoms with Gasteiger partial charge < -0.3 is 10.1 Å². The molecule has 0 atom stereocenters. The first-order valence-corrected chi connectivity index (χ1v) is 9.57. The van der Waals surface area contributed by atoms with Crippen LogP contribution < -0.4 is 15.5 Å². The SMILES string of the molecule is COc1ccc(CCC(=O)NCC(=NNc2ccccc2)c2ccccc2)cc1. The minimum atomic E-state index is -0.0100. The molecule has 5 nitrogen and oxygen atoms in total. The second kappa shape index (κ2) is 10.7. The third-order valence-electron chi connectivity index (χ3n) is 4.45. The fourth-order valence-corrected chi connectivity index (χ4v) is 2.80. The molecule has 0 radical (unpaired) electrons. The molecule has 0 heterocycles. The summed E-state index contributed by atoms with van der Waals surface area (Å²) in [6, 6.07) is 27.3. The normalized spacial score (nSPS) is 11.0. The average molecular weight is 387 g/mol. The van der Waals surface area contributed by atoms with Crippen molar-refractivity contribution >= 4 is 17.3 Å². The van der Waals surface area contributed by atoms with Gasteiger partial charge in [0, 0.05) is 6.42 Å². The highest BCUT2D eigenvalue weighted by molar-refractivity contribution is 6.03. The molecule has 5 heteroatoms. The third kappa shape index (κ3) is 6.50. The molecule has 2 N–H and O–H groups in total. The molecule has 148 valence electrons. The first-order chi connectivity index (χ1) is 14.2. The van der Waals surface area contributed by atoms with Gasteiger partial charge in [-0.3, -0.25) is 10.2 Å². The zero-order valence-electron chi connectivity index (χ0n) is 16.5. The van der Waals surface area contributed by atoms with Gasteiger partial charge in [0.15, 0.2) is 0 Å². The van der Waals surface area contributed by atoms with Gasteiger partial charge in [-0.05, 0) is 41.8 Å². The lowest BCUT2D eigenvalue weighted by Gasteiger charge is -2.10. The number of carbonyl (C=O) groups excluding carboxylic acids is 1. The fourth-order valence-electron chi connectivity index (χ4n) is 2.80. The number of hydrazone groups is 1. The van der Waals surface area contributed by atoms with E-state index < -0.39 is 0 Å². The van der Waals surface area contributed by atoms with Crippen LogP contribution in [0.15, 0.2) is 90.0 Å². The van der Waals surface area contributed by atoms with Crippen LogP contribution in [0.2, 0.25) is 0 Å². The zero-order valence-corrected chi connectivity index (χ0v) is 16.5. The number of aryl methyl sites for hydroxylation is 1. The summed E-state index contributed by atoms with van der Waals surface area (Å²) in [4.78, 5) is 12.3. The number of amides is 1. The molecule has 0 aromatic heterocycles. The van der Waals surface area contributed by atoms with Crippen LogP contribution in [0.4, 0.5) is 5.69 Å². The van der Waals surface area contributed by atoms with Crippen LogP contribution in [-0.4, -0.2) is 25.3 Å². The predicted octanol–water partition coefficient (Wildman–Crippen LogP) is 4.26. The lowest BCUT2D eigenvalue weighted by Crippen LogP contribution is -2.30. The van der Waals surface area contributed by atoms with Crippen LogP contribution in [0.3, 0.4) is 0 Å². The standard InChI is InChI=1S/C24H25N3O2/c1-29-22-15-12-19(13-16-22)14-17-24(28)25-18-23(20-8-4-2-5-9-20)27-26-21-10-6-3-7-11-21/h2-13,15-16,26H,14,17-18H2,1H3,(H,25,28). The molecule has 0 fully saturated rings. The third-order valence-corrected chi connectivity index (χ3v) is 4.45. The van der Waals surface area contributed by atoms with Crippen molar-refractivity contribution in [2.24, 2.45) is 5.10 Å². The van der Waals surface area contributed by atoms with Gasteiger partial charge in [0.05, 0.1) is 25.1 Å². The second-order valence-electron chi connectivity index (χ2n) is 6.53. The number of carbonyl (C=O) groups is 1. The maximum atomic E-state index is 12.3. The maximum absolute atomic E-state index is 12.3. The Morgan fingerprint density at radius 2 is 1.55 bits per heavy atom. The summed E-state index contributed by atoms with van der Waals surface area (Å²) < 4.78 is 5.16. The van der Waals surface area contributed by atoms with E-state index in [-0.39, 0.29) is 5.91 Å². The van der Waals surface area contributed by atoms with Gasteiger partial charge in [-0.15, -0.1) is 0 Å². The van der Waals surface area contributed by atoms with Crippen LogP contribution in [-0.2, 0) is 11.2 Å². The van der Waals surface area contributed by atoms with Gasteiger partial charge in [-0.1, -0.05) is 60.7 Å². The summed E-state index contributed by atoms with van der Waals surface area (Å²) in [7, 11) is 1.64. The quantitative estimate of drug-likeness (QED) is 0.426. The number of hydrogen-bond acceptors (Lipinski definition) is 4. The topological polar surface area (TPSA) is 62.7 Å². The van der Waals surface area contributed by atoms with Crippen molar-refractivity contribution in [1.82, 2.24) is 5.32 Å². The number of methoxy groups -OCH3 is 1. The molecule has 0 aliphatic heterocycles. The number of hydrogen-bond donors (Lipinski definition) is 2. The first kappa shape index (κ1) is 20.1. The minimum Gasteiger partial charge on any atom is -0.497 e. The van der Waals surface area contributed by atoms with Gasteiger partial charge in [0.1, 0.15) is 5.75 Å². The van der Waals surface area contributed by atoms with E-state index in [4.69, 9.17) is 4.74 Å². The Balaban J connectivity index is 1.57.